The van der Waals surface area contributed by atoms with Gasteiger partial charge in [-0.3, -0.25) is 4.79 Å². The Morgan fingerprint density at radius 2 is 1.69 bits per heavy atom. The highest BCUT2D eigenvalue weighted by atomic mass is 16.5. The lowest BCUT2D eigenvalue weighted by Crippen LogP contribution is -2.40. The van der Waals surface area contributed by atoms with E-state index in [4.69, 9.17) is 14.6 Å². The zero-order chi connectivity index (χ0) is 21.1. The van der Waals surface area contributed by atoms with Crippen molar-refractivity contribution in [3.63, 3.8) is 0 Å². The first kappa shape index (κ1) is 19.9. The number of aromatic nitrogens is 1. The minimum absolute atomic E-state index is 0.211. The number of likely N-dealkylation sites (N-methyl/N-ethyl adjacent to an activating group) is 1. The zero-order valence-corrected chi connectivity index (χ0v) is 16.1. The predicted molar refractivity (Wildman–Crippen MR) is 106 cm³/mol. The number of pyridine rings is 1. The maximum absolute atomic E-state index is 12.5. The van der Waals surface area contributed by atoms with Crippen LogP contribution in [0.5, 0.6) is 23.0 Å². The van der Waals surface area contributed by atoms with Gasteiger partial charge in [0.25, 0.3) is 5.91 Å². The fourth-order valence-electron chi connectivity index (χ4n) is 2.69. The highest BCUT2D eigenvalue weighted by Gasteiger charge is 2.26. The number of aromatic hydroxyl groups is 1. The average Bonchev–Trinajstić information content (AvgIpc) is 2.73. The number of carboxylic acids is 1. The molecule has 0 aliphatic heterocycles. The number of carboxylic acid groups (broad SMARTS) is 1. The first-order chi connectivity index (χ1) is 13.8. The fourth-order valence-corrected chi connectivity index (χ4v) is 2.69. The van der Waals surface area contributed by atoms with E-state index < -0.39 is 17.9 Å². The fraction of sp³-hybridized carbons (Fsp3) is 0.190. The van der Waals surface area contributed by atoms with Crippen LogP contribution in [0.4, 0.5) is 0 Å². The Balaban J connectivity index is 1.88. The van der Waals surface area contributed by atoms with Crippen molar-refractivity contribution in [1.82, 2.24) is 9.88 Å². The second-order valence-corrected chi connectivity index (χ2v) is 6.41. The molecule has 8 nitrogen and oxygen atoms in total. The SMILES string of the molecule is COc1ccc(Oc2ccc3c(O)c(C(=O)N(C)C(C)C(=O)O)ncc3c2)cc1. The highest BCUT2D eigenvalue weighted by Crippen LogP contribution is 2.32. The van der Waals surface area contributed by atoms with E-state index in [9.17, 15) is 14.7 Å². The van der Waals surface area contributed by atoms with Crippen molar-refractivity contribution in [3.05, 3.63) is 54.4 Å². The number of hydrogen-bond acceptors (Lipinski definition) is 6. The molecule has 0 aliphatic carbocycles. The number of hydrogen-bond donors (Lipinski definition) is 2. The van der Waals surface area contributed by atoms with Gasteiger partial charge in [0, 0.05) is 24.0 Å². The van der Waals surface area contributed by atoms with E-state index in [1.165, 1.54) is 20.2 Å². The van der Waals surface area contributed by atoms with Crippen molar-refractivity contribution >= 4 is 22.6 Å². The molecule has 0 saturated carbocycles. The number of carbonyl (C=O) groups is 2. The first-order valence-electron chi connectivity index (χ1n) is 8.75. The lowest BCUT2D eigenvalue weighted by molar-refractivity contribution is -0.141. The monoisotopic (exact) mass is 396 g/mol. The molecule has 1 amide bonds. The van der Waals surface area contributed by atoms with Crippen molar-refractivity contribution in [1.29, 1.82) is 0 Å². The quantitative estimate of drug-likeness (QED) is 0.658. The molecule has 1 atom stereocenters. The van der Waals surface area contributed by atoms with E-state index in [-0.39, 0.29) is 11.4 Å². The Kier molecular flexibility index (Phi) is 5.54. The summed E-state index contributed by atoms with van der Waals surface area (Å²) in [7, 11) is 2.93. The van der Waals surface area contributed by atoms with Crippen LogP contribution < -0.4 is 9.47 Å². The molecule has 2 N–H and O–H groups in total. The van der Waals surface area contributed by atoms with Gasteiger partial charge in [-0.1, -0.05) is 0 Å². The summed E-state index contributed by atoms with van der Waals surface area (Å²) in [5, 5.41) is 20.6. The van der Waals surface area contributed by atoms with Crippen molar-refractivity contribution in [2.45, 2.75) is 13.0 Å². The Bertz CT molecular complexity index is 1060. The standard InChI is InChI=1S/C21H20N2O6/c1-12(21(26)27)23(2)20(25)18-19(24)17-9-8-16(10-13(17)11-22-18)29-15-6-4-14(28-3)5-7-15/h4-12,24H,1-3H3,(H,26,27). The summed E-state index contributed by atoms with van der Waals surface area (Å²) in [6.45, 7) is 1.38. The number of amides is 1. The third-order valence-electron chi connectivity index (χ3n) is 4.59. The normalized spacial score (nSPS) is 11.7. The van der Waals surface area contributed by atoms with E-state index in [0.29, 0.717) is 28.0 Å². The topological polar surface area (TPSA) is 109 Å². The Morgan fingerprint density at radius 1 is 1.07 bits per heavy atom. The molecule has 0 saturated heterocycles. The number of ether oxygens (including phenoxy) is 2. The van der Waals surface area contributed by atoms with Crippen LogP contribution in [0.1, 0.15) is 17.4 Å². The third kappa shape index (κ3) is 4.06. The van der Waals surface area contributed by atoms with Gasteiger partial charge in [0.2, 0.25) is 0 Å². The van der Waals surface area contributed by atoms with E-state index in [2.05, 4.69) is 4.98 Å². The van der Waals surface area contributed by atoms with Crippen LogP contribution in [0.3, 0.4) is 0 Å². The Hall–Kier alpha value is -3.81. The van der Waals surface area contributed by atoms with E-state index in [0.717, 1.165) is 4.90 Å². The van der Waals surface area contributed by atoms with Crippen LogP contribution in [-0.4, -0.2) is 52.2 Å². The van der Waals surface area contributed by atoms with Gasteiger partial charge in [0.1, 0.15) is 23.3 Å². The number of methoxy groups -OCH3 is 1. The maximum Gasteiger partial charge on any atom is 0.326 e. The summed E-state index contributed by atoms with van der Waals surface area (Å²) in [5.74, 6) is -0.297. The molecule has 2 aromatic carbocycles. The van der Waals surface area contributed by atoms with Crippen LogP contribution in [0.15, 0.2) is 48.7 Å². The first-order valence-corrected chi connectivity index (χ1v) is 8.75. The summed E-state index contributed by atoms with van der Waals surface area (Å²) < 4.78 is 10.9. The Morgan fingerprint density at radius 3 is 2.31 bits per heavy atom. The summed E-state index contributed by atoms with van der Waals surface area (Å²) in [6.07, 6.45) is 1.43. The number of rotatable bonds is 6. The van der Waals surface area contributed by atoms with Crippen LogP contribution >= 0.6 is 0 Å². The molecule has 150 valence electrons. The molecular weight excluding hydrogens is 376 g/mol. The molecule has 1 unspecified atom stereocenters. The van der Waals surface area contributed by atoms with Gasteiger partial charge in [0.15, 0.2) is 11.4 Å². The molecule has 29 heavy (non-hydrogen) atoms. The minimum Gasteiger partial charge on any atom is -0.505 e. The number of aliphatic carboxylic acids is 1. The molecular formula is C21H20N2O6. The van der Waals surface area contributed by atoms with Gasteiger partial charge in [-0.25, -0.2) is 9.78 Å². The van der Waals surface area contributed by atoms with Gasteiger partial charge in [-0.2, -0.15) is 0 Å². The van der Waals surface area contributed by atoms with Gasteiger partial charge < -0.3 is 24.6 Å². The van der Waals surface area contributed by atoms with E-state index >= 15 is 0 Å². The lowest BCUT2D eigenvalue weighted by atomic mass is 10.1. The predicted octanol–water partition coefficient (Wildman–Crippen LogP) is 3.29. The Labute approximate surface area is 166 Å². The maximum atomic E-state index is 12.5. The summed E-state index contributed by atoms with van der Waals surface area (Å²) >= 11 is 0. The number of carbonyl (C=O) groups excluding carboxylic acids is 1. The van der Waals surface area contributed by atoms with Gasteiger partial charge in [-0.15, -0.1) is 0 Å². The molecule has 0 bridgehead atoms. The molecule has 0 radical (unpaired) electrons. The second kappa shape index (κ2) is 8.05. The van der Waals surface area contributed by atoms with Crippen molar-refractivity contribution in [2.24, 2.45) is 0 Å². The molecule has 1 aromatic heterocycles. The largest absolute Gasteiger partial charge is 0.505 e. The van der Waals surface area contributed by atoms with Crippen LogP contribution in [0, 0.1) is 0 Å². The van der Waals surface area contributed by atoms with Gasteiger partial charge in [-0.05, 0) is 49.4 Å². The van der Waals surface area contributed by atoms with Gasteiger partial charge in [0.05, 0.1) is 7.11 Å². The zero-order valence-electron chi connectivity index (χ0n) is 16.1. The minimum atomic E-state index is -1.15. The molecule has 0 spiro atoms. The van der Waals surface area contributed by atoms with Gasteiger partial charge >= 0.3 is 5.97 Å². The summed E-state index contributed by atoms with van der Waals surface area (Å²) in [6, 6.07) is 11.0. The molecule has 1 heterocycles. The molecule has 0 aliphatic rings. The van der Waals surface area contributed by atoms with Crippen molar-refractivity contribution in [3.8, 4) is 23.0 Å². The van der Waals surface area contributed by atoms with Crippen LogP contribution in [0.25, 0.3) is 10.8 Å². The van der Waals surface area contributed by atoms with E-state index in [1.807, 2.05) is 0 Å². The number of benzene rings is 2. The molecule has 0 fully saturated rings. The molecule has 8 heteroatoms. The van der Waals surface area contributed by atoms with Crippen LogP contribution in [0.2, 0.25) is 0 Å². The lowest BCUT2D eigenvalue weighted by Gasteiger charge is -2.21. The molecule has 3 aromatic rings. The van der Waals surface area contributed by atoms with E-state index in [1.54, 1.807) is 49.6 Å². The number of nitrogens with zero attached hydrogens (tertiary/aromatic N) is 2. The van der Waals surface area contributed by atoms with Crippen LogP contribution in [-0.2, 0) is 4.79 Å². The highest BCUT2D eigenvalue weighted by molar-refractivity contribution is 6.02. The summed E-state index contributed by atoms with van der Waals surface area (Å²) in [4.78, 5) is 28.7. The van der Waals surface area contributed by atoms with Crippen molar-refractivity contribution in [2.75, 3.05) is 14.2 Å². The van der Waals surface area contributed by atoms with Crippen molar-refractivity contribution < 1.29 is 29.3 Å². The smallest absolute Gasteiger partial charge is 0.326 e. The average molecular weight is 396 g/mol. The molecule has 3 rings (SSSR count). The summed E-state index contributed by atoms with van der Waals surface area (Å²) in [5.41, 5.74) is -0.211. The number of fused-ring (bicyclic) bond motifs is 1. The second-order valence-electron chi connectivity index (χ2n) is 6.41. The third-order valence-corrected chi connectivity index (χ3v) is 4.59.